The van der Waals surface area contributed by atoms with Crippen LogP contribution in [-0.4, -0.2) is 22.8 Å². The predicted octanol–water partition coefficient (Wildman–Crippen LogP) is 2.02. The molecule has 0 bridgehead atoms. The first kappa shape index (κ1) is 11.1. The fourth-order valence-electron chi connectivity index (χ4n) is 1.50. The maximum atomic E-state index is 11.7. The smallest absolute Gasteiger partial charge is 0.359 e. The number of nitrogens with zero attached hydrogens (tertiary/aromatic N) is 2. The van der Waals surface area contributed by atoms with Gasteiger partial charge in [-0.25, -0.2) is 4.79 Å². The molecule has 5 nitrogen and oxygen atoms in total. The normalized spacial score (nSPS) is 10.1. The number of esters is 1. The van der Waals surface area contributed by atoms with E-state index in [1.807, 2.05) is 30.3 Å². The Morgan fingerprint density at radius 1 is 1.47 bits per heavy atom. The predicted molar refractivity (Wildman–Crippen MR) is 61.2 cm³/mol. The first-order valence-corrected chi connectivity index (χ1v) is 5.30. The van der Waals surface area contributed by atoms with Crippen LogP contribution in [0.2, 0.25) is 0 Å². The fourth-order valence-corrected chi connectivity index (χ4v) is 1.50. The van der Waals surface area contributed by atoms with Crippen molar-refractivity contribution in [1.29, 1.82) is 5.26 Å². The summed E-state index contributed by atoms with van der Waals surface area (Å²) >= 11 is 0. The second kappa shape index (κ2) is 5.12. The van der Waals surface area contributed by atoms with Gasteiger partial charge in [0.15, 0.2) is 5.69 Å². The van der Waals surface area contributed by atoms with Crippen LogP contribution in [0, 0.1) is 11.3 Å². The molecule has 0 saturated heterocycles. The molecule has 0 radical (unpaired) electrons. The van der Waals surface area contributed by atoms with Gasteiger partial charge in [0.1, 0.15) is 0 Å². The standard InChI is InChI=1S/C12H11N3O2/c13-7-3-4-8-17-12(16)11-9-5-1-2-6-10(9)14-15-11/h1-2,5-6H,3-4,8H2,(H,14,15). The van der Waals surface area contributed by atoms with Crippen molar-refractivity contribution in [1.82, 2.24) is 10.2 Å². The van der Waals surface area contributed by atoms with Crippen LogP contribution < -0.4 is 0 Å². The highest BCUT2D eigenvalue weighted by molar-refractivity contribution is 6.01. The van der Waals surface area contributed by atoms with Crippen LogP contribution in [0.15, 0.2) is 24.3 Å². The number of H-pyrrole nitrogens is 1. The molecule has 0 aliphatic carbocycles. The number of hydrogen-bond acceptors (Lipinski definition) is 4. The maximum Gasteiger partial charge on any atom is 0.359 e. The second-order valence-electron chi connectivity index (χ2n) is 3.52. The third-order valence-corrected chi connectivity index (χ3v) is 2.33. The maximum absolute atomic E-state index is 11.7. The second-order valence-corrected chi connectivity index (χ2v) is 3.52. The summed E-state index contributed by atoms with van der Waals surface area (Å²) < 4.78 is 5.02. The van der Waals surface area contributed by atoms with Gasteiger partial charge in [-0.3, -0.25) is 5.10 Å². The van der Waals surface area contributed by atoms with Crippen LogP contribution in [-0.2, 0) is 4.74 Å². The van der Waals surface area contributed by atoms with Gasteiger partial charge in [-0.2, -0.15) is 10.4 Å². The van der Waals surface area contributed by atoms with Gasteiger partial charge < -0.3 is 4.74 Å². The van der Waals surface area contributed by atoms with Gasteiger partial charge >= 0.3 is 5.97 Å². The lowest BCUT2D eigenvalue weighted by atomic mass is 10.2. The van der Waals surface area contributed by atoms with E-state index >= 15 is 0 Å². The molecule has 0 amide bonds. The van der Waals surface area contributed by atoms with Crippen LogP contribution in [0.1, 0.15) is 23.3 Å². The van der Waals surface area contributed by atoms with Gasteiger partial charge in [0.25, 0.3) is 0 Å². The van der Waals surface area contributed by atoms with Gasteiger partial charge in [-0.05, 0) is 12.5 Å². The van der Waals surface area contributed by atoms with E-state index in [9.17, 15) is 4.79 Å². The Labute approximate surface area is 98.0 Å². The van der Waals surface area contributed by atoms with Crippen LogP contribution in [0.5, 0.6) is 0 Å². The number of hydrogen-bond donors (Lipinski definition) is 1. The first-order valence-electron chi connectivity index (χ1n) is 5.30. The highest BCUT2D eigenvalue weighted by Gasteiger charge is 2.14. The van der Waals surface area contributed by atoms with Crippen molar-refractivity contribution < 1.29 is 9.53 Å². The Kier molecular flexibility index (Phi) is 3.36. The molecular weight excluding hydrogens is 218 g/mol. The zero-order chi connectivity index (χ0) is 12.1. The van der Waals surface area contributed by atoms with Crippen LogP contribution in [0.3, 0.4) is 0 Å². The number of rotatable bonds is 4. The number of unbranched alkanes of at least 4 members (excludes halogenated alkanes) is 1. The summed E-state index contributed by atoms with van der Waals surface area (Å²) in [5.74, 6) is -0.458. The van der Waals surface area contributed by atoms with E-state index in [0.29, 0.717) is 12.8 Å². The third kappa shape index (κ3) is 2.42. The van der Waals surface area contributed by atoms with E-state index in [2.05, 4.69) is 10.2 Å². The Morgan fingerprint density at radius 2 is 2.29 bits per heavy atom. The van der Waals surface area contributed by atoms with E-state index in [-0.39, 0.29) is 12.3 Å². The van der Waals surface area contributed by atoms with Crippen molar-refractivity contribution in [2.75, 3.05) is 6.61 Å². The SMILES string of the molecule is N#CCCCOC(=O)c1n[nH]c2ccccc12. The summed E-state index contributed by atoms with van der Waals surface area (Å²) in [6, 6.07) is 9.35. The van der Waals surface area contributed by atoms with E-state index in [1.165, 1.54) is 0 Å². The van der Waals surface area contributed by atoms with E-state index in [1.54, 1.807) is 0 Å². The molecule has 0 unspecified atom stereocenters. The Hall–Kier alpha value is -2.35. The number of carbonyl (C=O) groups excluding carboxylic acids is 1. The first-order chi connectivity index (χ1) is 8.33. The summed E-state index contributed by atoms with van der Waals surface area (Å²) in [4.78, 5) is 11.7. The van der Waals surface area contributed by atoms with Gasteiger partial charge in [-0.1, -0.05) is 18.2 Å². The van der Waals surface area contributed by atoms with Crippen molar-refractivity contribution in [3.63, 3.8) is 0 Å². The largest absolute Gasteiger partial charge is 0.461 e. The summed E-state index contributed by atoms with van der Waals surface area (Å²) in [7, 11) is 0. The van der Waals surface area contributed by atoms with E-state index in [4.69, 9.17) is 10.00 Å². The van der Waals surface area contributed by atoms with Gasteiger partial charge in [-0.15, -0.1) is 0 Å². The lowest BCUT2D eigenvalue weighted by Crippen LogP contribution is -2.07. The summed E-state index contributed by atoms with van der Waals surface area (Å²) in [6.45, 7) is 0.244. The molecular formula is C12H11N3O2. The molecule has 0 atom stereocenters. The van der Waals surface area contributed by atoms with Crippen molar-refractivity contribution in [2.24, 2.45) is 0 Å². The van der Waals surface area contributed by atoms with Gasteiger partial charge in [0, 0.05) is 11.8 Å². The van der Waals surface area contributed by atoms with E-state index in [0.717, 1.165) is 10.9 Å². The number of ether oxygens (including phenoxy) is 1. The van der Waals surface area contributed by atoms with Crippen LogP contribution in [0.25, 0.3) is 10.9 Å². The topological polar surface area (TPSA) is 78.8 Å². The lowest BCUT2D eigenvalue weighted by molar-refractivity contribution is 0.0497. The fraction of sp³-hybridized carbons (Fsp3) is 0.250. The molecule has 86 valence electrons. The molecule has 1 heterocycles. The number of nitriles is 1. The lowest BCUT2D eigenvalue weighted by Gasteiger charge is -2.00. The number of nitrogens with one attached hydrogen (secondary N) is 1. The molecule has 5 heteroatoms. The Balaban J connectivity index is 2.07. The van der Waals surface area contributed by atoms with Crippen molar-refractivity contribution in [2.45, 2.75) is 12.8 Å². The van der Waals surface area contributed by atoms with E-state index < -0.39 is 5.97 Å². The summed E-state index contributed by atoms with van der Waals surface area (Å²) in [5, 5.41) is 15.8. The van der Waals surface area contributed by atoms with Crippen molar-refractivity contribution in [3.8, 4) is 6.07 Å². The average molecular weight is 229 g/mol. The molecule has 0 spiro atoms. The molecule has 1 N–H and O–H groups in total. The average Bonchev–Trinajstić information content (AvgIpc) is 2.78. The number of carbonyl (C=O) groups is 1. The highest BCUT2D eigenvalue weighted by Crippen LogP contribution is 2.15. The summed E-state index contributed by atoms with van der Waals surface area (Å²) in [5.41, 5.74) is 1.09. The number of benzene rings is 1. The molecule has 0 aliphatic rings. The number of aromatic nitrogens is 2. The Bertz CT molecular complexity index is 568. The number of fused-ring (bicyclic) bond motifs is 1. The van der Waals surface area contributed by atoms with Gasteiger partial charge in [0.2, 0.25) is 0 Å². The molecule has 2 aromatic rings. The molecule has 1 aromatic carbocycles. The Morgan fingerprint density at radius 3 is 3.12 bits per heavy atom. The van der Waals surface area contributed by atoms with Crippen LogP contribution >= 0.6 is 0 Å². The minimum atomic E-state index is -0.458. The zero-order valence-corrected chi connectivity index (χ0v) is 9.14. The molecule has 2 rings (SSSR count). The highest BCUT2D eigenvalue weighted by atomic mass is 16.5. The quantitative estimate of drug-likeness (QED) is 0.642. The third-order valence-electron chi connectivity index (χ3n) is 2.33. The molecule has 0 aliphatic heterocycles. The molecule has 0 fully saturated rings. The number of aromatic amines is 1. The zero-order valence-electron chi connectivity index (χ0n) is 9.14. The molecule has 0 saturated carbocycles. The summed E-state index contributed by atoms with van der Waals surface area (Å²) in [6.07, 6.45) is 0.930. The van der Waals surface area contributed by atoms with Crippen molar-refractivity contribution in [3.05, 3.63) is 30.0 Å². The number of para-hydroxylation sites is 1. The molecule has 17 heavy (non-hydrogen) atoms. The minimum Gasteiger partial charge on any atom is -0.461 e. The molecule has 1 aromatic heterocycles. The monoisotopic (exact) mass is 229 g/mol. The minimum absolute atomic E-state index is 0.244. The van der Waals surface area contributed by atoms with Crippen molar-refractivity contribution >= 4 is 16.9 Å². The van der Waals surface area contributed by atoms with Gasteiger partial charge in [0.05, 0.1) is 18.2 Å². The van der Waals surface area contributed by atoms with Crippen LogP contribution in [0.4, 0.5) is 0 Å².